The van der Waals surface area contributed by atoms with Crippen molar-refractivity contribution in [2.75, 3.05) is 7.05 Å². The van der Waals surface area contributed by atoms with E-state index in [4.69, 9.17) is 4.42 Å². The Bertz CT molecular complexity index is 893. The maximum atomic E-state index is 12.5. The Morgan fingerprint density at radius 1 is 1.24 bits per heavy atom. The summed E-state index contributed by atoms with van der Waals surface area (Å²) in [6.07, 6.45) is 0. The zero-order valence-corrected chi connectivity index (χ0v) is 14.8. The van der Waals surface area contributed by atoms with Crippen molar-refractivity contribution in [3.8, 4) is 5.75 Å². The van der Waals surface area contributed by atoms with E-state index in [0.717, 1.165) is 15.4 Å². The molecule has 0 aliphatic heterocycles. The molecule has 0 bridgehead atoms. The Hall–Kier alpha value is -2.41. The van der Waals surface area contributed by atoms with Crippen molar-refractivity contribution in [3.63, 3.8) is 0 Å². The second-order valence-corrected chi connectivity index (χ2v) is 6.31. The van der Waals surface area contributed by atoms with Crippen LogP contribution in [0.25, 0.3) is 11.0 Å². The first-order valence-corrected chi connectivity index (χ1v) is 8.20. The summed E-state index contributed by atoms with van der Waals surface area (Å²) in [5, 5.41) is 0.833. The van der Waals surface area contributed by atoms with Crippen LogP contribution >= 0.6 is 15.9 Å². The standard InChI is InChI=1S/C18H14BrF2NO3/c1-22(10-11-5-7-13(8-6-11)24-18(20)21)17(23)15-9-12-3-2-4-14(19)16(12)25-15/h2-9,18H,10H2,1H3. The number of furan rings is 1. The lowest BCUT2D eigenvalue weighted by Crippen LogP contribution is -2.25. The van der Waals surface area contributed by atoms with Crippen molar-refractivity contribution >= 4 is 32.8 Å². The van der Waals surface area contributed by atoms with Crippen LogP contribution < -0.4 is 4.74 Å². The van der Waals surface area contributed by atoms with E-state index >= 15 is 0 Å². The van der Waals surface area contributed by atoms with Crippen LogP contribution in [0.5, 0.6) is 5.75 Å². The number of amides is 1. The van der Waals surface area contributed by atoms with Crippen molar-refractivity contribution in [1.82, 2.24) is 4.90 Å². The van der Waals surface area contributed by atoms with Gasteiger partial charge >= 0.3 is 6.61 Å². The normalized spacial score (nSPS) is 11.1. The van der Waals surface area contributed by atoms with Crippen molar-refractivity contribution in [1.29, 1.82) is 0 Å². The van der Waals surface area contributed by atoms with Gasteiger partial charge in [0.1, 0.15) is 11.3 Å². The Labute approximate surface area is 151 Å². The minimum atomic E-state index is -2.86. The first kappa shape index (κ1) is 17.4. The average Bonchev–Trinajstić information content (AvgIpc) is 3.01. The van der Waals surface area contributed by atoms with Crippen molar-refractivity contribution in [2.45, 2.75) is 13.2 Å². The van der Waals surface area contributed by atoms with Crippen LogP contribution in [-0.2, 0) is 6.54 Å². The highest BCUT2D eigenvalue weighted by Gasteiger charge is 2.18. The monoisotopic (exact) mass is 409 g/mol. The number of halogens is 3. The van der Waals surface area contributed by atoms with Gasteiger partial charge in [0.05, 0.1) is 4.47 Å². The van der Waals surface area contributed by atoms with E-state index in [-0.39, 0.29) is 17.4 Å². The molecule has 0 fully saturated rings. The summed E-state index contributed by atoms with van der Waals surface area (Å²) >= 11 is 3.39. The van der Waals surface area contributed by atoms with Gasteiger partial charge in [-0.05, 0) is 45.8 Å². The second-order valence-electron chi connectivity index (χ2n) is 5.45. The summed E-state index contributed by atoms with van der Waals surface area (Å²) in [6, 6.07) is 13.4. The summed E-state index contributed by atoms with van der Waals surface area (Å²) in [5.74, 6) is 0.0490. The predicted molar refractivity (Wildman–Crippen MR) is 92.8 cm³/mol. The highest BCUT2D eigenvalue weighted by atomic mass is 79.9. The van der Waals surface area contributed by atoms with Gasteiger partial charge < -0.3 is 14.1 Å². The molecule has 4 nitrogen and oxygen atoms in total. The van der Waals surface area contributed by atoms with E-state index in [9.17, 15) is 13.6 Å². The smallest absolute Gasteiger partial charge is 0.387 e. The van der Waals surface area contributed by atoms with E-state index in [1.54, 1.807) is 25.2 Å². The topological polar surface area (TPSA) is 42.7 Å². The van der Waals surface area contributed by atoms with Gasteiger partial charge in [0.2, 0.25) is 0 Å². The molecule has 25 heavy (non-hydrogen) atoms. The number of carbonyl (C=O) groups excluding carboxylic acids is 1. The molecule has 0 N–H and O–H groups in total. The van der Waals surface area contributed by atoms with Crippen molar-refractivity contribution < 1.29 is 22.7 Å². The number of carbonyl (C=O) groups is 1. The third kappa shape index (κ3) is 3.99. The molecule has 1 heterocycles. The second kappa shape index (κ2) is 7.23. The molecule has 0 atom stereocenters. The van der Waals surface area contributed by atoms with Crippen LogP contribution in [0.1, 0.15) is 16.1 Å². The number of fused-ring (bicyclic) bond motifs is 1. The maximum absolute atomic E-state index is 12.5. The van der Waals surface area contributed by atoms with Crippen LogP contribution in [0, 0.1) is 0 Å². The van der Waals surface area contributed by atoms with Gasteiger partial charge in [-0.1, -0.05) is 24.3 Å². The molecule has 3 aromatic rings. The van der Waals surface area contributed by atoms with Gasteiger partial charge in [-0.2, -0.15) is 8.78 Å². The fourth-order valence-electron chi connectivity index (χ4n) is 2.44. The summed E-state index contributed by atoms with van der Waals surface area (Å²) in [4.78, 5) is 14.0. The Kier molecular flexibility index (Phi) is 5.03. The van der Waals surface area contributed by atoms with Gasteiger partial charge in [-0.3, -0.25) is 4.79 Å². The quantitative estimate of drug-likeness (QED) is 0.590. The van der Waals surface area contributed by atoms with Crippen molar-refractivity contribution in [3.05, 3.63) is 64.3 Å². The molecule has 1 aromatic heterocycles. The number of hydrogen-bond acceptors (Lipinski definition) is 3. The molecule has 3 rings (SSSR count). The number of alkyl halides is 2. The number of benzene rings is 2. The molecule has 0 spiro atoms. The summed E-state index contributed by atoms with van der Waals surface area (Å²) < 4.78 is 35.0. The lowest BCUT2D eigenvalue weighted by Gasteiger charge is -2.16. The van der Waals surface area contributed by atoms with Gasteiger partial charge in [0.25, 0.3) is 5.91 Å². The summed E-state index contributed by atoms with van der Waals surface area (Å²) in [7, 11) is 1.65. The fraction of sp³-hybridized carbons (Fsp3) is 0.167. The van der Waals surface area contributed by atoms with Crippen LogP contribution in [0.15, 0.2) is 57.4 Å². The zero-order chi connectivity index (χ0) is 18.0. The molecule has 0 saturated carbocycles. The lowest BCUT2D eigenvalue weighted by molar-refractivity contribution is -0.0498. The van der Waals surface area contributed by atoms with Crippen LogP contribution in [0.4, 0.5) is 8.78 Å². The van der Waals surface area contributed by atoms with Crippen LogP contribution in [0.2, 0.25) is 0 Å². The molecule has 0 aliphatic rings. The average molecular weight is 410 g/mol. The molecule has 7 heteroatoms. The number of rotatable bonds is 5. The molecule has 0 aliphatic carbocycles. The molecule has 130 valence electrons. The molecular weight excluding hydrogens is 396 g/mol. The Balaban J connectivity index is 1.72. The first-order valence-electron chi connectivity index (χ1n) is 7.41. The van der Waals surface area contributed by atoms with Crippen LogP contribution in [0.3, 0.4) is 0 Å². The fourth-order valence-corrected chi connectivity index (χ4v) is 2.91. The number of para-hydroxylation sites is 1. The maximum Gasteiger partial charge on any atom is 0.387 e. The Morgan fingerprint density at radius 3 is 2.60 bits per heavy atom. The molecule has 0 unspecified atom stereocenters. The first-order chi connectivity index (χ1) is 11.9. The third-order valence-corrected chi connectivity index (χ3v) is 4.25. The van der Waals surface area contributed by atoms with E-state index in [2.05, 4.69) is 20.7 Å². The predicted octanol–water partition coefficient (Wildman–Crippen LogP) is 5.07. The highest BCUT2D eigenvalue weighted by molar-refractivity contribution is 9.10. The van der Waals surface area contributed by atoms with E-state index < -0.39 is 6.61 Å². The molecule has 1 amide bonds. The molecule has 0 saturated heterocycles. The minimum Gasteiger partial charge on any atom is -0.450 e. The van der Waals surface area contributed by atoms with Gasteiger partial charge in [0, 0.05) is 19.0 Å². The summed E-state index contributed by atoms with van der Waals surface area (Å²) in [5.41, 5.74) is 1.41. The van der Waals surface area contributed by atoms with Crippen LogP contribution in [-0.4, -0.2) is 24.5 Å². The molecule has 2 aromatic carbocycles. The lowest BCUT2D eigenvalue weighted by atomic mass is 10.2. The van der Waals surface area contributed by atoms with E-state index in [1.165, 1.54) is 17.0 Å². The number of ether oxygens (including phenoxy) is 1. The third-order valence-electron chi connectivity index (χ3n) is 3.62. The van der Waals surface area contributed by atoms with Gasteiger partial charge in [-0.15, -0.1) is 0 Å². The Morgan fingerprint density at radius 2 is 1.96 bits per heavy atom. The summed E-state index contributed by atoms with van der Waals surface area (Å²) in [6.45, 7) is -2.55. The SMILES string of the molecule is CN(Cc1ccc(OC(F)F)cc1)C(=O)c1cc2cccc(Br)c2o1. The number of nitrogens with zero attached hydrogens (tertiary/aromatic N) is 1. The molecule has 0 radical (unpaired) electrons. The van der Waals surface area contributed by atoms with E-state index in [1.807, 2.05) is 18.2 Å². The largest absolute Gasteiger partial charge is 0.450 e. The zero-order valence-electron chi connectivity index (χ0n) is 13.2. The molecular formula is C18H14BrF2NO3. The van der Waals surface area contributed by atoms with Crippen molar-refractivity contribution in [2.24, 2.45) is 0 Å². The minimum absolute atomic E-state index is 0.0786. The van der Waals surface area contributed by atoms with Gasteiger partial charge in [0.15, 0.2) is 5.76 Å². The highest BCUT2D eigenvalue weighted by Crippen LogP contribution is 2.27. The van der Waals surface area contributed by atoms with E-state index in [0.29, 0.717) is 12.1 Å². The van der Waals surface area contributed by atoms with Gasteiger partial charge in [-0.25, -0.2) is 0 Å². The number of hydrogen-bond donors (Lipinski definition) is 0.